The Hall–Kier alpha value is -2.11. The van der Waals surface area contributed by atoms with Gasteiger partial charge in [-0.1, -0.05) is 0 Å². The average molecular weight is 280 g/mol. The second-order valence-corrected chi connectivity index (χ2v) is 4.48. The molecule has 0 bridgehead atoms. The van der Waals surface area contributed by atoms with Crippen LogP contribution in [0.1, 0.15) is 6.92 Å². The molecule has 1 aromatic rings. The Morgan fingerprint density at radius 3 is 2.35 bits per heavy atom. The van der Waals surface area contributed by atoms with E-state index in [0.717, 1.165) is 0 Å². The zero-order chi connectivity index (χ0) is 14.5. The van der Waals surface area contributed by atoms with Crippen LogP contribution in [-0.4, -0.2) is 54.4 Å². The van der Waals surface area contributed by atoms with Crippen molar-refractivity contribution in [3.63, 3.8) is 0 Å². The number of likely N-dealkylation sites (N-methyl/N-ethyl adjacent to an activating group) is 1. The molecule has 0 radical (unpaired) electrons. The third-order valence-corrected chi connectivity index (χ3v) is 3.22. The van der Waals surface area contributed by atoms with Crippen molar-refractivity contribution < 1.29 is 18.7 Å². The Kier molecular flexibility index (Phi) is 4.55. The number of amides is 2. The van der Waals surface area contributed by atoms with E-state index in [2.05, 4.69) is 0 Å². The van der Waals surface area contributed by atoms with E-state index in [1.807, 2.05) is 6.92 Å². The first kappa shape index (κ1) is 14.3. The summed E-state index contributed by atoms with van der Waals surface area (Å²) in [6.45, 7) is 4.09. The monoisotopic (exact) mass is 280 g/mol. The maximum atomic E-state index is 12.7. The lowest BCUT2D eigenvalue weighted by Gasteiger charge is -2.32. The van der Waals surface area contributed by atoms with Crippen molar-refractivity contribution in [1.82, 2.24) is 9.80 Å². The van der Waals surface area contributed by atoms with Crippen LogP contribution in [0.15, 0.2) is 24.3 Å². The topological polar surface area (TPSA) is 49.9 Å². The van der Waals surface area contributed by atoms with Gasteiger partial charge in [-0.05, 0) is 31.2 Å². The van der Waals surface area contributed by atoms with Crippen LogP contribution in [0.25, 0.3) is 0 Å². The fraction of sp³-hybridized carbons (Fsp3) is 0.429. The number of halogens is 1. The molecule has 1 aromatic carbocycles. The van der Waals surface area contributed by atoms with Crippen molar-refractivity contribution in [3.8, 4) is 5.75 Å². The number of carbonyl (C=O) groups excluding carboxylic acids is 2. The highest BCUT2D eigenvalue weighted by Crippen LogP contribution is 2.11. The highest BCUT2D eigenvalue weighted by atomic mass is 19.1. The van der Waals surface area contributed by atoms with E-state index in [4.69, 9.17) is 4.74 Å². The lowest BCUT2D eigenvalue weighted by molar-refractivity contribution is -0.156. The number of rotatable bonds is 5. The van der Waals surface area contributed by atoms with E-state index in [9.17, 15) is 14.0 Å². The van der Waals surface area contributed by atoms with Crippen LogP contribution >= 0.6 is 0 Å². The number of hydrogen-bond acceptors (Lipinski definition) is 3. The predicted octanol–water partition coefficient (Wildman–Crippen LogP) is 0.895. The molecule has 5 nitrogen and oxygen atoms in total. The van der Waals surface area contributed by atoms with Crippen LogP contribution in [0, 0.1) is 5.82 Å². The van der Waals surface area contributed by atoms with Gasteiger partial charge in [-0.3, -0.25) is 9.59 Å². The van der Waals surface area contributed by atoms with Crippen molar-refractivity contribution >= 4 is 11.8 Å². The zero-order valence-electron chi connectivity index (χ0n) is 11.3. The first-order valence-electron chi connectivity index (χ1n) is 6.58. The van der Waals surface area contributed by atoms with Gasteiger partial charge in [0.25, 0.3) is 0 Å². The first-order chi connectivity index (χ1) is 9.61. The van der Waals surface area contributed by atoms with E-state index in [-0.39, 0.29) is 12.4 Å². The van der Waals surface area contributed by atoms with Crippen LogP contribution in [0.4, 0.5) is 4.39 Å². The lowest BCUT2D eigenvalue weighted by atomic mass is 10.3. The fourth-order valence-corrected chi connectivity index (χ4v) is 2.03. The van der Waals surface area contributed by atoms with Gasteiger partial charge >= 0.3 is 11.8 Å². The Balaban J connectivity index is 1.81. The second-order valence-electron chi connectivity index (χ2n) is 4.48. The van der Waals surface area contributed by atoms with Crippen LogP contribution in [-0.2, 0) is 9.59 Å². The molecule has 108 valence electrons. The molecule has 20 heavy (non-hydrogen) atoms. The molecular weight excluding hydrogens is 263 g/mol. The average Bonchev–Trinajstić information content (AvgIpc) is 2.46. The van der Waals surface area contributed by atoms with Gasteiger partial charge in [-0.15, -0.1) is 0 Å². The smallest absolute Gasteiger partial charge is 0.312 e. The summed E-state index contributed by atoms with van der Waals surface area (Å²) in [7, 11) is 0. The number of piperazine rings is 1. The molecule has 0 unspecified atom stereocenters. The molecule has 0 N–H and O–H groups in total. The molecule has 1 aliphatic heterocycles. The summed E-state index contributed by atoms with van der Waals surface area (Å²) in [6.07, 6.45) is 0. The highest BCUT2D eigenvalue weighted by molar-refractivity contribution is 6.35. The third kappa shape index (κ3) is 3.26. The Morgan fingerprint density at radius 1 is 1.10 bits per heavy atom. The second kappa shape index (κ2) is 6.36. The van der Waals surface area contributed by atoms with E-state index in [1.54, 1.807) is 0 Å². The number of nitrogens with zero attached hydrogens (tertiary/aromatic N) is 2. The van der Waals surface area contributed by atoms with E-state index < -0.39 is 11.8 Å². The van der Waals surface area contributed by atoms with Gasteiger partial charge in [0.15, 0.2) is 0 Å². The van der Waals surface area contributed by atoms with Gasteiger partial charge in [-0.25, -0.2) is 4.39 Å². The maximum absolute atomic E-state index is 12.7. The van der Waals surface area contributed by atoms with Crippen molar-refractivity contribution in [1.29, 1.82) is 0 Å². The lowest BCUT2D eigenvalue weighted by Crippen LogP contribution is -2.54. The molecule has 0 saturated carbocycles. The molecule has 6 heteroatoms. The SMILES string of the molecule is CCN1CCN(CCOc2ccc(F)cc2)C(=O)C1=O. The largest absolute Gasteiger partial charge is 0.492 e. The molecule has 1 fully saturated rings. The third-order valence-electron chi connectivity index (χ3n) is 3.22. The maximum Gasteiger partial charge on any atom is 0.312 e. The molecule has 1 aliphatic rings. The van der Waals surface area contributed by atoms with Crippen LogP contribution in [0.5, 0.6) is 5.75 Å². The summed E-state index contributed by atoms with van der Waals surface area (Å²) in [4.78, 5) is 26.5. The van der Waals surface area contributed by atoms with Gasteiger partial charge in [0, 0.05) is 19.6 Å². The van der Waals surface area contributed by atoms with Gasteiger partial charge in [-0.2, -0.15) is 0 Å². The molecule has 0 atom stereocenters. The Morgan fingerprint density at radius 2 is 1.70 bits per heavy atom. The summed E-state index contributed by atoms with van der Waals surface area (Å²) in [5.41, 5.74) is 0. The van der Waals surface area contributed by atoms with Crippen molar-refractivity contribution in [3.05, 3.63) is 30.1 Å². The number of ether oxygens (including phenoxy) is 1. The van der Waals surface area contributed by atoms with Gasteiger partial charge < -0.3 is 14.5 Å². The van der Waals surface area contributed by atoms with Gasteiger partial charge in [0.1, 0.15) is 18.2 Å². The molecule has 1 saturated heterocycles. The minimum Gasteiger partial charge on any atom is -0.492 e. The minimum atomic E-state index is -0.485. The first-order valence-corrected chi connectivity index (χ1v) is 6.58. The standard InChI is InChI=1S/C14H17FN2O3/c1-2-16-7-8-17(14(19)13(16)18)9-10-20-12-5-3-11(15)4-6-12/h3-6H,2,7-10H2,1H3. The zero-order valence-corrected chi connectivity index (χ0v) is 11.3. The summed E-state index contributed by atoms with van der Waals surface area (Å²) < 4.78 is 18.1. The number of benzene rings is 1. The van der Waals surface area contributed by atoms with Crippen LogP contribution < -0.4 is 4.74 Å². The normalized spacial score (nSPS) is 15.7. The Labute approximate surface area is 116 Å². The molecule has 1 heterocycles. The molecule has 0 spiro atoms. The van der Waals surface area contributed by atoms with Crippen molar-refractivity contribution in [2.24, 2.45) is 0 Å². The molecule has 2 amide bonds. The van der Waals surface area contributed by atoms with Gasteiger partial charge in [0.2, 0.25) is 0 Å². The van der Waals surface area contributed by atoms with Gasteiger partial charge in [0.05, 0.1) is 6.54 Å². The molecular formula is C14H17FN2O3. The minimum absolute atomic E-state index is 0.275. The van der Waals surface area contributed by atoms with Crippen LogP contribution in [0.2, 0.25) is 0 Å². The van der Waals surface area contributed by atoms with Crippen LogP contribution in [0.3, 0.4) is 0 Å². The predicted molar refractivity (Wildman–Crippen MR) is 70.7 cm³/mol. The van der Waals surface area contributed by atoms with E-state index in [0.29, 0.717) is 31.9 Å². The summed E-state index contributed by atoms with van der Waals surface area (Å²) >= 11 is 0. The summed E-state index contributed by atoms with van der Waals surface area (Å²) in [5, 5.41) is 0. The van der Waals surface area contributed by atoms with Crippen molar-refractivity contribution in [2.45, 2.75) is 6.92 Å². The van der Waals surface area contributed by atoms with Crippen molar-refractivity contribution in [2.75, 3.05) is 32.8 Å². The highest BCUT2D eigenvalue weighted by Gasteiger charge is 2.31. The number of carbonyl (C=O) groups is 2. The molecule has 2 rings (SSSR count). The summed E-state index contributed by atoms with van der Waals surface area (Å²) in [5.74, 6) is -0.729. The fourth-order valence-electron chi connectivity index (χ4n) is 2.03. The number of hydrogen-bond donors (Lipinski definition) is 0. The quantitative estimate of drug-likeness (QED) is 0.753. The molecule has 0 aliphatic carbocycles. The molecule has 0 aromatic heterocycles. The van der Waals surface area contributed by atoms with E-state index >= 15 is 0 Å². The van der Waals surface area contributed by atoms with E-state index in [1.165, 1.54) is 34.1 Å². The Bertz CT molecular complexity index is 490. The summed E-state index contributed by atoms with van der Waals surface area (Å²) in [6, 6.07) is 5.67.